The second-order valence-corrected chi connectivity index (χ2v) is 4.96. The molecule has 0 unspecified atom stereocenters. The van der Waals surface area contributed by atoms with Crippen molar-refractivity contribution in [1.82, 2.24) is 5.32 Å². The van der Waals surface area contributed by atoms with Gasteiger partial charge in [0.15, 0.2) is 0 Å². The van der Waals surface area contributed by atoms with Crippen molar-refractivity contribution in [2.45, 2.75) is 32.5 Å². The quantitative estimate of drug-likeness (QED) is 0.878. The number of benzene rings is 1. The number of carbonyl (C=O) groups is 2. The summed E-state index contributed by atoms with van der Waals surface area (Å²) < 4.78 is 37.8. The molecule has 0 saturated carbocycles. The van der Waals surface area contributed by atoms with Gasteiger partial charge in [-0.2, -0.15) is 13.2 Å². The van der Waals surface area contributed by atoms with Crippen molar-refractivity contribution in [2.24, 2.45) is 5.92 Å². The highest BCUT2D eigenvalue weighted by Gasteiger charge is 2.31. The van der Waals surface area contributed by atoms with Gasteiger partial charge in [-0.25, -0.2) is 4.79 Å². The molecule has 116 valence electrons. The van der Waals surface area contributed by atoms with E-state index in [-0.39, 0.29) is 12.0 Å². The molecule has 0 radical (unpaired) electrons. The molecule has 0 spiro atoms. The number of halogens is 3. The maximum absolute atomic E-state index is 12.6. The first-order valence-corrected chi connectivity index (χ1v) is 6.30. The molecule has 0 saturated heterocycles. The van der Waals surface area contributed by atoms with Crippen molar-refractivity contribution < 1.29 is 27.9 Å². The average molecular weight is 303 g/mol. The van der Waals surface area contributed by atoms with Crippen LogP contribution in [0.15, 0.2) is 24.3 Å². The second-order valence-electron chi connectivity index (χ2n) is 4.96. The summed E-state index contributed by atoms with van der Waals surface area (Å²) in [6.07, 6.45) is -4.70. The zero-order valence-corrected chi connectivity index (χ0v) is 11.6. The van der Waals surface area contributed by atoms with E-state index in [1.54, 1.807) is 13.8 Å². The number of amides is 1. The molecule has 0 aromatic heterocycles. The number of rotatable bonds is 5. The van der Waals surface area contributed by atoms with E-state index in [1.807, 2.05) is 0 Å². The maximum atomic E-state index is 12.6. The summed E-state index contributed by atoms with van der Waals surface area (Å²) in [5, 5.41) is 11.4. The standard InChI is InChI=1S/C14H16F3NO3/c1-8(2)12(19)18-11(13(20)21)7-9-4-3-5-10(6-9)14(15,16)17/h3-6,8,11H,7H2,1-2H3,(H,18,19)(H,20,21)/t11-/m1/s1. The largest absolute Gasteiger partial charge is 0.480 e. The number of carboxylic acid groups (broad SMARTS) is 1. The maximum Gasteiger partial charge on any atom is 0.416 e. The van der Waals surface area contributed by atoms with Crippen molar-refractivity contribution in [3.05, 3.63) is 35.4 Å². The van der Waals surface area contributed by atoms with E-state index in [9.17, 15) is 22.8 Å². The third kappa shape index (κ3) is 5.09. The third-order valence-corrected chi connectivity index (χ3v) is 2.83. The molecule has 1 aromatic rings. The van der Waals surface area contributed by atoms with E-state index >= 15 is 0 Å². The average Bonchev–Trinajstić information content (AvgIpc) is 2.36. The fraction of sp³-hybridized carbons (Fsp3) is 0.429. The Labute approximate surface area is 120 Å². The highest BCUT2D eigenvalue weighted by Crippen LogP contribution is 2.29. The van der Waals surface area contributed by atoms with Crippen LogP contribution in [0, 0.1) is 5.92 Å². The first kappa shape index (κ1) is 17.0. The van der Waals surface area contributed by atoms with Crippen molar-refractivity contribution >= 4 is 11.9 Å². The smallest absolute Gasteiger partial charge is 0.416 e. The van der Waals surface area contributed by atoms with Crippen molar-refractivity contribution in [3.8, 4) is 0 Å². The van der Waals surface area contributed by atoms with Crippen LogP contribution >= 0.6 is 0 Å². The molecule has 0 bridgehead atoms. The Kier molecular flexibility index (Phi) is 5.34. The Morgan fingerprint density at radius 3 is 2.38 bits per heavy atom. The molecule has 2 N–H and O–H groups in total. The van der Waals surface area contributed by atoms with Crippen LogP contribution in [0.4, 0.5) is 13.2 Å². The van der Waals surface area contributed by atoms with Gasteiger partial charge in [-0.05, 0) is 11.6 Å². The molecule has 0 aliphatic carbocycles. The van der Waals surface area contributed by atoms with Crippen LogP contribution in [0.1, 0.15) is 25.0 Å². The molecule has 7 heteroatoms. The molecular weight excluding hydrogens is 287 g/mol. The minimum Gasteiger partial charge on any atom is -0.480 e. The Morgan fingerprint density at radius 2 is 1.90 bits per heavy atom. The van der Waals surface area contributed by atoms with E-state index in [1.165, 1.54) is 12.1 Å². The van der Waals surface area contributed by atoms with Crippen LogP contribution in [-0.2, 0) is 22.2 Å². The van der Waals surface area contributed by atoms with E-state index in [4.69, 9.17) is 5.11 Å². The predicted octanol–water partition coefficient (Wildman–Crippen LogP) is 2.47. The number of hydrogen-bond acceptors (Lipinski definition) is 2. The molecule has 0 aliphatic rings. The van der Waals surface area contributed by atoms with Gasteiger partial charge in [0.05, 0.1) is 5.56 Å². The van der Waals surface area contributed by atoms with Crippen LogP contribution in [0.2, 0.25) is 0 Å². The van der Waals surface area contributed by atoms with Crippen LogP contribution in [0.5, 0.6) is 0 Å². The summed E-state index contributed by atoms with van der Waals surface area (Å²) in [4.78, 5) is 22.6. The lowest BCUT2D eigenvalue weighted by Gasteiger charge is -2.17. The zero-order chi connectivity index (χ0) is 16.2. The monoisotopic (exact) mass is 303 g/mol. The number of carbonyl (C=O) groups excluding carboxylic acids is 1. The lowest BCUT2D eigenvalue weighted by atomic mass is 10.0. The summed E-state index contributed by atoms with van der Waals surface area (Å²) in [6, 6.07) is 3.14. The van der Waals surface area contributed by atoms with E-state index in [2.05, 4.69) is 5.32 Å². The molecule has 1 rings (SSSR count). The Hall–Kier alpha value is -2.05. The molecule has 21 heavy (non-hydrogen) atoms. The normalized spacial score (nSPS) is 13.0. The van der Waals surface area contributed by atoms with Gasteiger partial charge in [0.25, 0.3) is 0 Å². The Balaban J connectivity index is 2.90. The number of carboxylic acids is 1. The molecular formula is C14H16F3NO3. The highest BCUT2D eigenvalue weighted by atomic mass is 19.4. The summed E-state index contributed by atoms with van der Waals surface area (Å²) in [5.74, 6) is -2.16. The van der Waals surface area contributed by atoms with Crippen LogP contribution < -0.4 is 5.32 Å². The lowest BCUT2D eigenvalue weighted by molar-refractivity contribution is -0.142. The second kappa shape index (κ2) is 6.60. The molecule has 0 fully saturated rings. The zero-order valence-electron chi connectivity index (χ0n) is 11.6. The Bertz CT molecular complexity index is 526. The van der Waals surface area contributed by atoms with Gasteiger partial charge in [0, 0.05) is 12.3 Å². The number of aliphatic carboxylic acids is 1. The Morgan fingerprint density at radius 1 is 1.29 bits per heavy atom. The van der Waals surface area contributed by atoms with Crippen LogP contribution in [0.3, 0.4) is 0 Å². The minimum atomic E-state index is -4.49. The van der Waals surface area contributed by atoms with Gasteiger partial charge in [-0.3, -0.25) is 4.79 Å². The SMILES string of the molecule is CC(C)C(=O)N[C@H](Cc1cccc(C(F)(F)F)c1)C(=O)O. The summed E-state index contributed by atoms with van der Waals surface area (Å²) in [7, 11) is 0. The molecule has 1 atom stereocenters. The summed E-state index contributed by atoms with van der Waals surface area (Å²) in [6.45, 7) is 3.19. The summed E-state index contributed by atoms with van der Waals surface area (Å²) in [5.41, 5.74) is -0.652. The third-order valence-electron chi connectivity index (χ3n) is 2.83. The highest BCUT2D eigenvalue weighted by molar-refractivity contribution is 5.84. The van der Waals surface area contributed by atoms with Crippen molar-refractivity contribution in [2.75, 3.05) is 0 Å². The number of hydrogen-bond donors (Lipinski definition) is 2. The molecule has 4 nitrogen and oxygen atoms in total. The van der Waals surface area contributed by atoms with Gasteiger partial charge in [-0.15, -0.1) is 0 Å². The fourth-order valence-electron chi connectivity index (χ4n) is 1.65. The summed E-state index contributed by atoms with van der Waals surface area (Å²) >= 11 is 0. The van der Waals surface area contributed by atoms with Crippen LogP contribution in [-0.4, -0.2) is 23.0 Å². The van der Waals surface area contributed by atoms with E-state index in [0.29, 0.717) is 0 Å². The van der Waals surface area contributed by atoms with Gasteiger partial charge in [0.2, 0.25) is 5.91 Å². The predicted molar refractivity (Wildman–Crippen MR) is 69.6 cm³/mol. The van der Waals surface area contributed by atoms with Gasteiger partial charge in [-0.1, -0.05) is 32.0 Å². The van der Waals surface area contributed by atoms with Crippen LogP contribution in [0.25, 0.3) is 0 Å². The topological polar surface area (TPSA) is 66.4 Å². The lowest BCUT2D eigenvalue weighted by Crippen LogP contribution is -2.44. The number of alkyl halides is 3. The van der Waals surface area contributed by atoms with Crippen molar-refractivity contribution in [3.63, 3.8) is 0 Å². The number of nitrogens with one attached hydrogen (secondary N) is 1. The minimum absolute atomic E-state index is 0.196. The molecule has 0 aliphatic heterocycles. The first-order valence-electron chi connectivity index (χ1n) is 6.30. The first-order chi connectivity index (χ1) is 9.61. The van der Waals surface area contributed by atoms with Gasteiger partial charge < -0.3 is 10.4 Å². The molecule has 0 heterocycles. The van der Waals surface area contributed by atoms with E-state index < -0.39 is 35.6 Å². The molecule has 1 amide bonds. The van der Waals surface area contributed by atoms with E-state index in [0.717, 1.165) is 12.1 Å². The van der Waals surface area contributed by atoms with Gasteiger partial charge in [0.1, 0.15) is 6.04 Å². The van der Waals surface area contributed by atoms with Crippen molar-refractivity contribution in [1.29, 1.82) is 0 Å². The fourth-order valence-corrected chi connectivity index (χ4v) is 1.65. The molecule has 1 aromatic carbocycles. The van der Waals surface area contributed by atoms with Gasteiger partial charge >= 0.3 is 12.1 Å².